The van der Waals surface area contributed by atoms with Crippen molar-refractivity contribution in [2.75, 3.05) is 32.7 Å². The van der Waals surface area contributed by atoms with E-state index < -0.39 is 0 Å². The average molecular weight is 459 g/mol. The third-order valence-electron chi connectivity index (χ3n) is 4.30. The summed E-state index contributed by atoms with van der Waals surface area (Å²) in [6.45, 7) is 7.08. The van der Waals surface area contributed by atoms with Gasteiger partial charge in [0, 0.05) is 5.56 Å². The monoisotopic (exact) mass is 458 g/mol. The van der Waals surface area contributed by atoms with Crippen molar-refractivity contribution in [2.24, 2.45) is 0 Å². The Morgan fingerprint density at radius 1 is 0.938 bits per heavy atom. The molecule has 0 saturated carbocycles. The van der Waals surface area contributed by atoms with Crippen LogP contribution in [0.25, 0.3) is 11.5 Å². The fraction of sp³-hybridized carbons (Fsp3) is 0.348. The van der Waals surface area contributed by atoms with Crippen LogP contribution in [0, 0.1) is 0 Å². The molecule has 0 bridgehead atoms. The Balaban J connectivity index is 1.80. The van der Waals surface area contributed by atoms with Gasteiger partial charge in [0.25, 0.3) is 5.22 Å². The van der Waals surface area contributed by atoms with E-state index in [1.165, 1.54) is 18.9 Å². The van der Waals surface area contributed by atoms with Gasteiger partial charge in [-0.2, -0.15) is 0 Å². The highest BCUT2D eigenvalue weighted by Crippen LogP contribution is 2.42. The minimum absolute atomic E-state index is 0.0921. The lowest BCUT2D eigenvalue weighted by atomic mass is 10.1. The van der Waals surface area contributed by atoms with Crippen LogP contribution in [0.1, 0.15) is 31.1 Å². The fourth-order valence-electron chi connectivity index (χ4n) is 2.98. The van der Waals surface area contributed by atoms with Crippen LogP contribution in [0.5, 0.6) is 23.0 Å². The number of ether oxygens (including phenoxy) is 4. The Morgan fingerprint density at radius 2 is 1.59 bits per heavy atom. The standard InChI is InChI=1S/C23H26N2O6S/c1-5-28-19-12-15(13-20(29-6-2)21(19)30-7-3)22-24-25-23(31-22)32-14-17(26)16-10-8-9-11-18(16)27-4/h8-13H,5-7,14H2,1-4H3. The molecule has 0 spiro atoms. The molecule has 9 heteroatoms. The number of hydrogen-bond donors (Lipinski definition) is 0. The zero-order valence-corrected chi connectivity index (χ0v) is 19.4. The number of thioether (sulfide) groups is 1. The Hall–Kier alpha value is -3.20. The van der Waals surface area contributed by atoms with Gasteiger partial charge >= 0.3 is 0 Å². The molecule has 1 heterocycles. The van der Waals surface area contributed by atoms with Crippen molar-refractivity contribution in [2.45, 2.75) is 26.0 Å². The van der Waals surface area contributed by atoms with E-state index in [1.807, 2.05) is 26.8 Å². The molecule has 0 aliphatic carbocycles. The molecular weight excluding hydrogens is 432 g/mol. The van der Waals surface area contributed by atoms with Gasteiger partial charge in [0.1, 0.15) is 5.75 Å². The smallest absolute Gasteiger partial charge is 0.277 e. The van der Waals surface area contributed by atoms with E-state index in [0.29, 0.717) is 59.8 Å². The molecule has 0 amide bonds. The van der Waals surface area contributed by atoms with Crippen LogP contribution >= 0.6 is 11.8 Å². The van der Waals surface area contributed by atoms with Crippen LogP contribution in [-0.2, 0) is 0 Å². The Morgan fingerprint density at radius 3 is 2.22 bits per heavy atom. The summed E-state index contributed by atoms with van der Waals surface area (Å²) < 4.78 is 28.2. The van der Waals surface area contributed by atoms with Crippen molar-refractivity contribution in [1.29, 1.82) is 0 Å². The van der Waals surface area contributed by atoms with Crippen LogP contribution in [0.3, 0.4) is 0 Å². The fourth-order valence-corrected chi connectivity index (χ4v) is 3.62. The largest absolute Gasteiger partial charge is 0.496 e. The summed E-state index contributed by atoms with van der Waals surface area (Å²) in [4.78, 5) is 12.6. The number of methoxy groups -OCH3 is 1. The Bertz CT molecular complexity index is 1030. The van der Waals surface area contributed by atoms with Crippen LogP contribution in [0.15, 0.2) is 46.0 Å². The number of nitrogens with zero attached hydrogens (tertiary/aromatic N) is 2. The highest BCUT2D eigenvalue weighted by Gasteiger charge is 2.20. The predicted molar refractivity (Wildman–Crippen MR) is 121 cm³/mol. The topological polar surface area (TPSA) is 92.9 Å². The molecule has 32 heavy (non-hydrogen) atoms. The normalized spacial score (nSPS) is 10.6. The zero-order chi connectivity index (χ0) is 22.9. The van der Waals surface area contributed by atoms with Gasteiger partial charge in [-0.3, -0.25) is 4.79 Å². The highest BCUT2D eigenvalue weighted by atomic mass is 32.2. The van der Waals surface area contributed by atoms with E-state index in [2.05, 4.69) is 10.2 Å². The summed E-state index contributed by atoms with van der Waals surface area (Å²) in [6, 6.07) is 10.6. The molecule has 0 saturated heterocycles. The summed E-state index contributed by atoms with van der Waals surface area (Å²) in [7, 11) is 1.54. The van der Waals surface area contributed by atoms with Crippen molar-refractivity contribution in [3.8, 4) is 34.5 Å². The molecule has 170 valence electrons. The van der Waals surface area contributed by atoms with Crippen molar-refractivity contribution in [3.05, 3.63) is 42.0 Å². The average Bonchev–Trinajstić information content (AvgIpc) is 3.29. The van der Waals surface area contributed by atoms with Crippen LogP contribution in [0.2, 0.25) is 0 Å². The van der Waals surface area contributed by atoms with Crippen LogP contribution < -0.4 is 18.9 Å². The minimum atomic E-state index is -0.0921. The third-order valence-corrected chi connectivity index (χ3v) is 5.12. The number of rotatable bonds is 12. The van der Waals surface area contributed by atoms with E-state index in [4.69, 9.17) is 23.4 Å². The van der Waals surface area contributed by atoms with Crippen LogP contribution in [0.4, 0.5) is 0 Å². The van der Waals surface area contributed by atoms with Gasteiger partial charge in [0.05, 0.1) is 38.2 Å². The third kappa shape index (κ3) is 5.53. The minimum Gasteiger partial charge on any atom is -0.496 e. The van der Waals surface area contributed by atoms with Gasteiger partial charge in [-0.25, -0.2) is 0 Å². The molecule has 3 rings (SSSR count). The van der Waals surface area contributed by atoms with Gasteiger partial charge in [-0.1, -0.05) is 23.9 Å². The van der Waals surface area contributed by atoms with E-state index in [1.54, 1.807) is 30.3 Å². The second-order valence-electron chi connectivity index (χ2n) is 6.39. The van der Waals surface area contributed by atoms with Crippen molar-refractivity contribution < 1.29 is 28.2 Å². The number of ketones is 1. The highest BCUT2D eigenvalue weighted by molar-refractivity contribution is 7.99. The molecule has 0 aliphatic heterocycles. The van der Waals surface area contributed by atoms with Crippen molar-refractivity contribution in [1.82, 2.24) is 10.2 Å². The SMILES string of the molecule is CCOc1cc(-c2nnc(SCC(=O)c3ccccc3OC)o2)cc(OCC)c1OCC. The number of para-hydroxylation sites is 1. The number of carbonyl (C=O) groups excluding carboxylic acids is 1. The van der Waals surface area contributed by atoms with Crippen LogP contribution in [-0.4, -0.2) is 48.7 Å². The lowest BCUT2D eigenvalue weighted by molar-refractivity contribution is 0.101. The first-order valence-corrected chi connectivity index (χ1v) is 11.3. The first-order valence-electron chi connectivity index (χ1n) is 10.3. The summed E-state index contributed by atoms with van der Waals surface area (Å²) in [5, 5.41) is 8.47. The lowest BCUT2D eigenvalue weighted by Crippen LogP contribution is -2.04. The predicted octanol–water partition coefficient (Wildman–Crippen LogP) is 4.92. The molecule has 3 aromatic rings. The van der Waals surface area contributed by atoms with E-state index >= 15 is 0 Å². The van der Waals surface area contributed by atoms with Crippen molar-refractivity contribution >= 4 is 17.5 Å². The van der Waals surface area contributed by atoms with Gasteiger partial charge in [0.2, 0.25) is 11.6 Å². The molecule has 1 aromatic heterocycles. The zero-order valence-electron chi connectivity index (χ0n) is 18.5. The number of hydrogen-bond acceptors (Lipinski definition) is 9. The Labute approximate surface area is 191 Å². The maximum Gasteiger partial charge on any atom is 0.277 e. The first-order chi connectivity index (χ1) is 15.6. The molecule has 0 atom stereocenters. The first kappa shape index (κ1) is 23.5. The maximum atomic E-state index is 12.6. The lowest BCUT2D eigenvalue weighted by Gasteiger charge is -2.16. The van der Waals surface area contributed by atoms with Gasteiger partial charge in [-0.15, -0.1) is 10.2 Å². The molecule has 8 nitrogen and oxygen atoms in total. The second kappa shape index (κ2) is 11.4. The molecule has 0 N–H and O–H groups in total. The molecule has 2 aromatic carbocycles. The molecule has 0 fully saturated rings. The van der Waals surface area contributed by atoms with E-state index in [-0.39, 0.29) is 16.8 Å². The molecule has 0 radical (unpaired) electrons. The number of Topliss-reactive ketones (excluding diaryl/α,β-unsaturated/α-hetero) is 1. The van der Waals surface area contributed by atoms with Gasteiger partial charge < -0.3 is 23.4 Å². The van der Waals surface area contributed by atoms with Gasteiger partial charge in [-0.05, 0) is 45.0 Å². The molecule has 0 unspecified atom stereocenters. The van der Waals surface area contributed by atoms with Crippen molar-refractivity contribution in [3.63, 3.8) is 0 Å². The maximum absolute atomic E-state index is 12.6. The number of aromatic nitrogens is 2. The van der Waals surface area contributed by atoms with Gasteiger partial charge in [0.15, 0.2) is 17.3 Å². The molecule has 0 aliphatic rings. The van der Waals surface area contributed by atoms with E-state index in [0.717, 1.165) is 0 Å². The summed E-state index contributed by atoms with van der Waals surface area (Å²) in [5.41, 5.74) is 1.15. The number of benzene rings is 2. The second-order valence-corrected chi connectivity index (χ2v) is 7.31. The summed E-state index contributed by atoms with van der Waals surface area (Å²) >= 11 is 1.17. The number of carbonyl (C=O) groups is 1. The summed E-state index contributed by atoms with van der Waals surface area (Å²) in [6.07, 6.45) is 0. The Kier molecular flexibility index (Phi) is 8.38. The molecular formula is C23H26N2O6S. The van der Waals surface area contributed by atoms with E-state index in [9.17, 15) is 4.79 Å². The summed E-state index contributed by atoms with van der Waals surface area (Å²) in [5.74, 6) is 2.48. The quantitative estimate of drug-likeness (QED) is 0.277.